The molecule has 0 radical (unpaired) electrons. The van der Waals surface area contributed by atoms with Crippen LogP contribution in [0.3, 0.4) is 0 Å². The van der Waals surface area contributed by atoms with Crippen LogP contribution >= 0.6 is 0 Å². The number of aliphatic hydroxyl groups is 1. The van der Waals surface area contributed by atoms with E-state index in [2.05, 4.69) is 10.6 Å². The number of allylic oxidation sites excluding steroid dienone is 1. The highest BCUT2D eigenvalue weighted by Gasteiger charge is 2.42. The van der Waals surface area contributed by atoms with Crippen LogP contribution in [0, 0.1) is 0 Å². The average Bonchev–Trinajstić information content (AvgIpc) is 2.65. The number of alkyl halides is 3. The number of esters is 1. The standard InChI is InChI=1S/C19H21F3N2O4/c1-4-28-18(27)14-10(2)24-13(9-25)16(17(26)23-3)15(14)11-7-5-6-8-12(11)19(20,21)22/h5-8,15,24-25H,4,9H2,1-3H3,(H,23,26). The normalized spacial score (nSPS) is 17.3. The second-order valence-electron chi connectivity index (χ2n) is 6.03. The molecule has 6 nitrogen and oxygen atoms in total. The third-order valence-electron chi connectivity index (χ3n) is 4.35. The Bertz CT molecular complexity index is 844. The molecule has 0 aromatic heterocycles. The van der Waals surface area contributed by atoms with E-state index in [9.17, 15) is 27.9 Å². The topological polar surface area (TPSA) is 87.7 Å². The van der Waals surface area contributed by atoms with Gasteiger partial charge < -0.3 is 20.5 Å². The number of likely N-dealkylation sites (N-methyl/N-ethyl adjacent to an activating group) is 1. The second-order valence-corrected chi connectivity index (χ2v) is 6.03. The largest absolute Gasteiger partial charge is 0.463 e. The number of rotatable bonds is 5. The van der Waals surface area contributed by atoms with Crippen LogP contribution in [0.25, 0.3) is 0 Å². The van der Waals surface area contributed by atoms with Crippen molar-refractivity contribution in [3.8, 4) is 0 Å². The first-order valence-electron chi connectivity index (χ1n) is 8.54. The van der Waals surface area contributed by atoms with Crippen molar-refractivity contribution >= 4 is 11.9 Å². The number of benzene rings is 1. The third-order valence-corrected chi connectivity index (χ3v) is 4.35. The van der Waals surface area contributed by atoms with Crippen molar-refractivity contribution in [3.63, 3.8) is 0 Å². The van der Waals surface area contributed by atoms with E-state index < -0.39 is 36.1 Å². The van der Waals surface area contributed by atoms with Crippen molar-refractivity contribution in [2.24, 2.45) is 0 Å². The van der Waals surface area contributed by atoms with Crippen molar-refractivity contribution in [3.05, 3.63) is 57.9 Å². The average molecular weight is 398 g/mol. The molecule has 0 saturated carbocycles. The molecule has 0 aliphatic carbocycles. The molecule has 1 atom stereocenters. The van der Waals surface area contributed by atoms with E-state index in [1.165, 1.54) is 32.2 Å². The molecule has 9 heteroatoms. The zero-order chi connectivity index (χ0) is 21.1. The minimum atomic E-state index is -4.71. The van der Waals surface area contributed by atoms with Crippen LogP contribution in [-0.2, 0) is 20.5 Å². The number of nitrogens with one attached hydrogen (secondary N) is 2. The van der Waals surface area contributed by atoms with E-state index in [0.29, 0.717) is 0 Å². The maximum Gasteiger partial charge on any atom is 0.416 e. The predicted octanol–water partition coefficient (Wildman–Crippen LogP) is 2.22. The lowest BCUT2D eigenvalue weighted by molar-refractivity contribution is -0.140. The lowest BCUT2D eigenvalue weighted by Gasteiger charge is -2.32. The number of dihydropyridines is 1. The van der Waals surface area contributed by atoms with Crippen LogP contribution in [0.1, 0.15) is 30.9 Å². The SMILES string of the molecule is CCOC(=O)C1=C(C)NC(CO)=C(C(=O)NC)C1c1ccccc1C(F)(F)F. The Balaban J connectivity index is 2.84. The van der Waals surface area contributed by atoms with Crippen LogP contribution in [0.15, 0.2) is 46.8 Å². The van der Waals surface area contributed by atoms with Gasteiger partial charge in [-0.25, -0.2) is 4.79 Å². The summed E-state index contributed by atoms with van der Waals surface area (Å²) in [5, 5.41) is 14.8. The van der Waals surface area contributed by atoms with Gasteiger partial charge in [-0.05, 0) is 25.5 Å². The van der Waals surface area contributed by atoms with Crippen molar-refractivity contribution in [1.29, 1.82) is 0 Å². The molecule has 1 aromatic carbocycles. The van der Waals surface area contributed by atoms with Crippen LogP contribution in [0.2, 0.25) is 0 Å². The van der Waals surface area contributed by atoms with Gasteiger partial charge in [0.25, 0.3) is 0 Å². The van der Waals surface area contributed by atoms with Gasteiger partial charge >= 0.3 is 12.1 Å². The monoisotopic (exact) mass is 398 g/mol. The van der Waals surface area contributed by atoms with Gasteiger partial charge in [0.15, 0.2) is 0 Å². The molecular formula is C19H21F3N2O4. The molecule has 1 aliphatic heterocycles. The minimum Gasteiger partial charge on any atom is -0.463 e. The molecule has 0 saturated heterocycles. The van der Waals surface area contributed by atoms with Crippen molar-refractivity contribution in [1.82, 2.24) is 10.6 Å². The predicted molar refractivity (Wildman–Crippen MR) is 94.8 cm³/mol. The van der Waals surface area contributed by atoms with Crippen molar-refractivity contribution in [2.45, 2.75) is 25.9 Å². The van der Waals surface area contributed by atoms with E-state index >= 15 is 0 Å². The Morgan fingerprint density at radius 1 is 1.25 bits per heavy atom. The molecule has 3 N–H and O–H groups in total. The van der Waals surface area contributed by atoms with Gasteiger partial charge in [0.05, 0.1) is 41.5 Å². The number of amides is 1. The van der Waals surface area contributed by atoms with Crippen molar-refractivity contribution < 1.29 is 32.6 Å². The second kappa shape index (κ2) is 8.47. The number of carbonyl (C=O) groups is 2. The fourth-order valence-corrected chi connectivity index (χ4v) is 3.22. The molecule has 1 unspecified atom stereocenters. The summed E-state index contributed by atoms with van der Waals surface area (Å²) in [5.74, 6) is -2.92. The Morgan fingerprint density at radius 2 is 1.89 bits per heavy atom. The summed E-state index contributed by atoms with van der Waals surface area (Å²) >= 11 is 0. The number of halogens is 3. The fraction of sp³-hybridized carbons (Fsp3) is 0.368. The van der Waals surface area contributed by atoms with Gasteiger partial charge in [-0.1, -0.05) is 18.2 Å². The molecule has 28 heavy (non-hydrogen) atoms. The molecule has 1 heterocycles. The van der Waals surface area contributed by atoms with E-state index in [1.807, 2.05) is 0 Å². The number of ether oxygens (including phenoxy) is 1. The Morgan fingerprint density at radius 3 is 2.43 bits per heavy atom. The molecule has 0 bridgehead atoms. The summed E-state index contributed by atoms with van der Waals surface area (Å²) in [4.78, 5) is 25.1. The fourth-order valence-electron chi connectivity index (χ4n) is 3.22. The zero-order valence-corrected chi connectivity index (χ0v) is 15.6. The molecule has 152 valence electrons. The summed E-state index contributed by atoms with van der Waals surface area (Å²) < 4.78 is 46.0. The number of hydrogen-bond acceptors (Lipinski definition) is 5. The molecule has 1 aliphatic rings. The first-order chi connectivity index (χ1) is 13.2. The van der Waals surface area contributed by atoms with Gasteiger partial charge in [0.2, 0.25) is 5.91 Å². The Kier molecular flexibility index (Phi) is 6.50. The molecule has 0 spiro atoms. The van der Waals surface area contributed by atoms with Crippen LogP contribution in [0.5, 0.6) is 0 Å². The van der Waals surface area contributed by atoms with E-state index in [0.717, 1.165) is 6.07 Å². The first-order valence-corrected chi connectivity index (χ1v) is 8.54. The van der Waals surface area contributed by atoms with E-state index in [-0.39, 0.29) is 34.7 Å². The molecule has 1 amide bonds. The highest BCUT2D eigenvalue weighted by molar-refractivity contribution is 6.02. The summed E-state index contributed by atoms with van der Waals surface area (Å²) in [6, 6.07) is 4.72. The minimum absolute atomic E-state index is 0.00906. The molecule has 0 fully saturated rings. The van der Waals surface area contributed by atoms with Crippen LogP contribution in [0.4, 0.5) is 13.2 Å². The summed E-state index contributed by atoms with van der Waals surface area (Å²) in [6.07, 6.45) is -4.71. The summed E-state index contributed by atoms with van der Waals surface area (Å²) in [6.45, 7) is 2.43. The Labute approximate surface area is 160 Å². The first kappa shape index (κ1) is 21.5. The van der Waals surface area contributed by atoms with Crippen LogP contribution in [-0.4, -0.2) is 37.2 Å². The van der Waals surface area contributed by atoms with Gasteiger partial charge in [0, 0.05) is 12.7 Å². The van der Waals surface area contributed by atoms with Gasteiger partial charge in [-0.3, -0.25) is 4.79 Å². The molecule has 1 aromatic rings. The highest BCUT2D eigenvalue weighted by Crippen LogP contribution is 2.44. The molecule has 2 rings (SSSR count). The lowest BCUT2D eigenvalue weighted by atomic mass is 9.78. The zero-order valence-electron chi connectivity index (χ0n) is 15.6. The van der Waals surface area contributed by atoms with E-state index in [4.69, 9.17) is 4.74 Å². The van der Waals surface area contributed by atoms with Gasteiger partial charge in [0.1, 0.15) is 0 Å². The van der Waals surface area contributed by atoms with E-state index in [1.54, 1.807) is 6.92 Å². The summed E-state index contributed by atoms with van der Waals surface area (Å²) in [7, 11) is 1.31. The third kappa shape index (κ3) is 4.04. The smallest absolute Gasteiger partial charge is 0.416 e. The maximum atomic E-state index is 13.7. The number of hydrogen-bond donors (Lipinski definition) is 3. The summed E-state index contributed by atoms with van der Waals surface area (Å²) in [5.41, 5.74) is -1.31. The van der Waals surface area contributed by atoms with Gasteiger partial charge in [-0.15, -0.1) is 0 Å². The molecular weight excluding hydrogens is 377 g/mol. The lowest BCUT2D eigenvalue weighted by Crippen LogP contribution is -2.37. The Hall–Kier alpha value is -2.81. The number of carbonyl (C=O) groups excluding carboxylic acids is 2. The van der Waals surface area contributed by atoms with Gasteiger partial charge in [-0.2, -0.15) is 13.2 Å². The highest BCUT2D eigenvalue weighted by atomic mass is 19.4. The van der Waals surface area contributed by atoms with Crippen molar-refractivity contribution in [2.75, 3.05) is 20.3 Å². The van der Waals surface area contributed by atoms with Crippen LogP contribution < -0.4 is 10.6 Å². The quantitative estimate of drug-likeness (QED) is 0.662. The maximum absolute atomic E-state index is 13.7. The number of aliphatic hydroxyl groups excluding tert-OH is 1.